The van der Waals surface area contributed by atoms with Crippen molar-refractivity contribution in [1.82, 2.24) is 0 Å². The highest BCUT2D eigenvalue weighted by molar-refractivity contribution is 5.86. The van der Waals surface area contributed by atoms with Crippen LogP contribution in [0.15, 0.2) is 45.6 Å². The fraction of sp³-hybridized carbons (Fsp3) is 0.444. The number of rotatable bonds is 6. The Balaban J connectivity index is 1.48. The molecule has 0 spiro atoms. The van der Waals surface area contributed by atoms with Gasteiger partial charge in [-0.25, -0.2) is 0 Å². The van der Waals surface area contributed by atoms with Gasteiger partial charge in [0.1, 0.15) is 64.9 Å². The lowest BCUT2D eigenvalue weighted by Gasteiger charge is -2.45. The largest absolute Gasteiger partial charge is 0.507 e. The monoisotopic (exact) mass is 594 g/mol. The third kappa shape index (κ3) is 5.49. The SMILES string of the molecule is C[C@H]1O[C@H](O[C@H]2[C@H](Oc3cc(O)c4c(=O)cc(-c5ccc(O)c(O)c5)oc4c3)O[C@H](CO)[C@@H](O)[C@@H]2O)[C@@H](O)[C@@H](O)[C@@H]1O. The maximum Gasteiger partial charge on any atom is 0.229 e. The first-order valence-corrected chi connectivity index (χ1v) is 12.9. The predicted molar refractivity (Wildman–Crippen MR) is 139 cm³/mol. The van der Waals surface area contributed by atoms with E-state index in [9.17, 15) is 50.8 Å². The standard InChI is InChI=1S/C27H30O15/c1-9-20(33)22(35)24(37)26(38-9)42-25-23(36)21(34)18(8-28)41-27(25)39-11-5-14(31)19-15(32)7-16(40-17(19)6-11)10-2-3-12(29)13(30)4-10/h2-7,9,18,20-31,33-37H,8H2,1H3/t9-,18-,20-,21-,22+,23+,24+,25-,26-,27-/m1/s1. The molecule has 9 N–H and O–H groups in total. The van der Waals surface area contributed by atoms with Crippen molar-refractivity contribution in [2.75, 3.05) is 6.61 Å². The summed E-state index contributed by atoms with van der Waals surface area (Å²) in [5.41, 5.74) is -0.575. The summed E-state index contributed by atoms with van der Waals surface area (Å²) in [5, 5.41) is 91.2. The van der Waals surface area contributed by atoms with E-state index in [1.165, 1.54) is 25.1 Å². The highest BCUT2D eigenvalue weighted by Gasteiger charge is 2.50. The van der Waals surface area contributed by atoms with Gasteiger partial charge < -0.3 is 69.3 Å². The minimum Gasteiger partial charge on any atom is -0.507 e. The smallest absolute Gasteiger partial charge is 0.229 e. The summed E-state index contributed by atoms with van der Waals surface area (Å²) in [4.78, 5) is 12.8. The van der Waals surface area contributed by atoms with Crippen molar-refractivity contribution in [2.45, 2.75) is 68.3 Å². The fourth-order valence-electron chi connectivity index (χ4n) is 4.84. The Bertz CT molecular complexity index is 1490. The molecule has 10 atom stereocenters. The van der Waals surface area contributed by atoms with Crippen LogP contribution in [0, 0.1) is 0 Å². The second-order valence-corrected chi connectivity index (χ2v) is 10.1. The summed E-state index contributed by atoms with van der Waals surface area (Å²) in [7, 11) is 0. The quantitative estimate of drug-likeness (QED) is 0.149. The van der Waals surface area contributed by atoms with Crippen LogP contribution in [-0.2, 0) is 14.2 Å². The van der Waals surface area contributed by atoms with Crippen LogP contribution in [0.1, 0.15) is 6.92 Å². The lowest BCUT2D eigenvalue weighted by Crippen LogP contribution is -2.64. The summed E-state index contributed by atoms with van der Waals surface area (Å²) in [5.74, 6) is -1.60. The zero-order valence-corrected chi connectivity index (χ0v) is 21.9. The van der Waals surface area contributed by atoms with Crippen molar-refractivity contribution >= 4 is 11.0 Å². The van der Waals surface area contributed by atoms with Crippen LogP contribution >= 0.6 is 0 Å². The molecule has 15 heteroatoms. The second-order valence-electron chi connectivity index (χ2n) is 10.1. The molecule has 228 valence electrons. The molecular formula is C27H30O15. The molecule has 0 aliphatic carbocycles. The van der Waals surface area contributed by atoms with E-state index >= 15 is 0 Å². The van der Waals surface area contributed by atoms with Crippen LogP contribution in [0.4, 0.5) is 0 Å². The molecule has 0 unspecified atom stereocenters. The van der Waals surface area contributed by atoms with E-state index < -0.39 is 84.9 Å². The molecule has 3 heterocycles. The Morgan fingerprint density at radius 3 is 2.21 bits per heavy atom. The van der Waals surface area contributed by atoms with E-state index in [1.54, 1.807) is 0 Å². The van der Waals surface area contributed by atoms with Crippen LogP contribution < -0.4 is 10.2 Å². The summed E-state index contributed by atoms with van der Waals surface area (Å²) < 4.78 is 28.3. The van der Waals surface area contributed by atoms with Crippen molar-refractivity contribution < 1.29 is 69.3 Å². The van der Waals surface area contributed by atoms with Crippen molar-refractivity contribution in [1.29, 1.82) is 0 Å². The molecule has 2 aliphatic heterocycles. The number of benzene rings is 2. The molecule has 15 nitrogen and oxygen atoms in total. The number of phenolic OH excluding ortho intramolecular Hbond substituents is 3. The fourth-order valence-corrected chi connectivity index (χ4v) is 4.84. The van der Waals surface area contributed by atoms with E-state index in [0.717, 1.165) is 18.2 Å². The van der Waals surface area contributed by atoms with Crippen LogP contribution in [0.25, 0.3) is 22.3 Å². The number of aliphatic hydroxyl groups is 6. The van der Waals surface area contributed by atoms with Gasteiger partial charge in [0.15, 0.2) is 29.3 Å². The Morgan fingerprint density at radius 1 is 0.786 bits per heavy atom. The topological polar surface area (TPSA) is 249 Å². The van der Waals surface area contributed by atoms with Gasteiger partial charge in [-0.2, -0.15) is 0 Å². The lowest BCUT2D eigenvalue weighted by atomic mass is 9.97. The van der Waals surface area contributed by atoms with Crippen molar-refractivity contribution in [3.63, 3.8) is 0 Å². The van der Waals surface area contributed by atoms with E-state index in [-0.39, 0.29) is 33.8 Å². The first-order valence-electron chi connectivity index (χ1n) is 12.9. The average molecular weight is 595 g/mol. The van der Waals surface area contributed by atoms with E-state index in [1.807, 2.05) is 0 Å². The highest BCUT2D eigenvalue weighted by atomic mass is 16.8. The van der Waals surface area contributed by atoms with E-state index in [4.69, 9.17) is 23.4 Å². The maximum absolute atomic E-state index is 12.8. The van der Waals surface area contributed by atoms with Gasteiger partial charge in [0.05, 0.1) is 12.7 Å². The van der Waals surface area contributed by atoms with Gasteiger partial charge in [-0.1, -0.05) is 0 Å². The number of phenols is 3. The number of fused-ring (bicyclic) bond motifs is 1. The number of hydrogen-bond donors (Lipinski definition) is 9. The van der Waals surface area contributed by atoms with Crippen LogP contribution in [0.2, 0.25) is 0 Å². The van der Waals surface area contributed by atoms with E-state index in [0.29, 0.717) is 0 Å². The Hall–Kier alpha value is -3.51. The molecule has 2 saturated heterocycles. The molecule has 0 radical (unpaired) electrons. The van der Waals surface area contributed by atoms with Gasteiger partial charge in [-0.3, -0.25) is 4.79 Å². The molecule has 0 amide bonds. The molecule has 1 aromatic heterocycles. The average Bonchev–Trinajstić information content (AvgIpc) is 2.95. The maximum atomic E-state index is 12.8. The summed E-state index contributed by atoms with van der Waals surface area (Å²) in [6.45, 7) is 0.671. The summed E-state index contributed by atoms with van der Waals surface area (Å²) in [6.07, 6.45) is -15.5. The molecule has 3 aromatic rings. The predicted octanol–water partition coefficient (Wildman–Crippen LogP) is -1.39. The van der Waals surface area contributed by atoms with Gasteiger partial charge >= 0.3 is 0 Å². The Morgan fingerprint density at radius 2 is 1.52 bits per heavy atom. The first kappa shape index (κ1) is 30.0. The zero-order chi connectivity index (χ0) is 30.5. The van der Waals surface area contributed by atoms with Gasteiger partial charge in [0.25, 0.3) is 0 Å². The zero-order valence-electron chi connectivity index (χ0n) is 21.9. The summed E-state index contributed by atoms with van der Waals surface area (Å²) in [6, 6.07) is 7.08. The van der Waals surface area contributed by atoms with Crippen LogP contribution in [-0.4, -0.2) is 114 Å². The highest BCUT2D eigenvalue weighted by Crippen LogP contribution is 2.36. The van der Waals surface area contributed by atoms with Crippen molar-refractivity contribution in [2.24, 2.45) is 0 Å². The van der Waals surface area contributed by atoms with Gasteiger partial charge in [-0.05, 0) is 25.1 Å². The molecule has 0 bridgehead atoms. The molecule has 42 heavy (non-hydrogen) atoms. The number of aromatic hydroxyl groups is 3. The Kier molecular flexibility index (Phi) is 8.30. The third-order valence-corrected chi connectivity index (χ3v) is 7.22. The first-order chi connectivity index (χ1) is 19.9. The number of ether oxygens (including phenoxy) is 4. The molecule has 2 fully saturated rings. The number of hydrogen-bond acceptors (Lipinski definition) is 15. The van der Waals surface area contributed by atoms with Gasteiger partial charge in [0, 0.05) is 23.8 Å². The molecule has 2 aliphatic rings. The summed E-state index contributed by atoms with van der Waals surface area (Å²) >= 11 is 0. The molecule has 5 rings (SSSR count). The number of aliphatic hydroxyl groups excluding tert-OH is 6. The molecule has 0 saturated carbocycles. The van der Waals surface area contributed by atoms with Crippen LogP contribution in [0.5, 0.6) is 23.0 Å². The minimum absolute atomic E-state index is 0.0216. The third-order valence-electron chi connectivity index (χ3n) is 7.22. The second kappa shape index (κ2) is 11.6. The van der Waals surface area contributed by atoms with Gasteiger partial charge in [0.2, 0.25) is 6.29 Å². The van der Waals surface area contributed by atoms with Crippen molar-refractivity contribution in [3.8, 4) is 34.3 Å². The lowest BCUT2D eigenvalue weighted by molar-refractivity contribution is -0.354. The van der Waals surface area contributed by atoms with Crippen LogP contribution in [0.3, 0.4) is 0 Å². The van der Waals surface area contributed by atoms with E-state index in [2.05, 4.69) is 0 Å². The minimum atomic E-state index is -1.78. The Labute approximate surface area is 236 Å². The normalized spacial score (nSPS) is 33.5. The molecule has 2 aromatic carbocycles. The van der Waals surface area contributed by atoms with Gasteiger partial charge in [-0.15, -0.1) is 0 Å². The molecular weight excluding hydrogens is 564 g/mol. The van der Waals surface area contributed by atoms with Crippen molar-refractivity contribution in [3.05, 3.63) is 46.6 Å².